The molecule has 3 heteroatoms. The van der Waals surface area contributed by atoms with E-state index in [0.717, 1.165) is 18.6 Å². The Balaban J connectivity index is 1.88. The average Bonchev–Trinajstić information content (AvgIpc) is 2.80. The van der Waals surface area contributed by atoms with Crippen molar-refractivity contribution in [1.82, 2.24) is 0 Å². The van der Waals surface area contributed by atoms with Crippen molar-refractivity contribution in [3.8, 4) is 11.5 Å². The van der Waals surface area contributed by atoms with E-state index in [1.807, 2.05) is 12.1 Å². The van der Waals surface area contributed by atoms with Crippen LogP contribution in [0.3, 0.4) is 0 Å². The van der Waals surface area contributed by atoms with Gasteiger partial charge in [-0.25, -0.2) is 4.39 Å². The molecule has 18 heavy (non-hydrogen) atoms. The monoisotopic (exact) mass is 243 g/mol. The molecule has 2 nitrogen and oxygen atoms in total. The predicted molar refractivity (Wildman–Crippen MR) is 69.4 cm³/mol. The van der Waals surface area contributed by atoms with E-state index >= 15 is 0 Å². The smallest absolute Gasteiger partial charge is 0.150 e. The van der Waals surface area contributed by atoms with E-state index in [2.05, 4.69) is 6.07 Å². The van der Waals surface area contributed by atoms with Crippen molar-refractivity contribution in [2.75, 3.05) is 5.73 Å². The first-order valence-electron chi connectivity index (χ1n) is 6.07. The van der Waals surface area contributed by atoms with Crippen molar-refractivity contribution in [3.63, 3.8) is 0 Å². The lowest BCUT2D eigenvalue weighted by atomic mass is 10.1. The molecule has 2 N–H and O–H groups in total. The van der Waals surface area contributed by atoms with E-state index < -0.39 is 0 Å². The molecule has 0 aliphatic heterocycles. The minimum absolute atomic E-state index is 0.315. The SMILES string of the molecule is Nc1cc(F)ccc1Oc1ccc2c(c1)CCC2. The van der Waals surface area contributed by atoms with Crippen molar-refractivity contribution in [2.24, 2.45) is 0 Å². The molecule has 92 valence electrons. The highest BCUT2D eigenvalue weighted by Crippen LogP contribution is 2.31. The highest BCUT2D eigenvalue weighted by molar-refractivity contribution is 5.54. The second-order valence-electron chi connectivity index (χ2n) is 4.57. The fourth-order valence-electron chi connectivity index (χ4n) is 2.35. The second kappa shape index (κ2) is 4.33. The number of ether oxygens (including phenoxy) is 1. The van der Waals surface area contributed by atoms with E-state index in [1.165, 1.54) is 29.7 Å². The number of hydrogen-bond acceptors (Lipinski definition) is 2. The van der Waals surface area contributed by atoms with E-state index in [1.54, 1.807) is 6.07 Å². The fraction of sp³-hybridized carbons (Fsp3) is 0.200. The lowest BCUT2D eigenvalue weighted by molar-refractivity contribution is 0.482. The van der Waals surface area contributed by atoms with Gasteiger partial charge in [-0.15, -0.1) is 0 Å². The Morgan fingerprint density at radius 1 is 1.00 bits per heavy atom. The number of rotatable bonds is 2. The van der Waals surface area contributed by atoms with Gasteiger partial charge < -0.3 is 10.5 Å². The molecule has 1 aliphatic rings. The first kappa shape index (κ1) is 11.1. The number of nitrogens with two attached hydrogens (primary N) is 1. The molecule has 0 heterocycles. The lowest BCUT2D eigenvalue weighted by Crippen LogP contribution is -1.93. The van der Waals surface area contributed by atoms with Crippen LogP contribution in [0.1, 0.15) is 17.5 Å². The summed E-state index contributed by atoms with van der Waals surface area (Å²) >= 11 is 0. The number of aryl methyl sites for hydroxylation is 2. The summed E-state index contributed by atoms with van der Waals surface area (Å²) in [5.41, 5.74) is 8.77. The summed E-state index contributed by atoms with van der Waals surface area (Å²) in [7, 11) is 0. The Morgan fingerprint density at radius 3 is 2.67 bits per heavy atom. The van der Waals surface area contributed by atoms with Crippen molar-refractivity contribution in [3.05, 3.63) is 53.3 Å². The molecule has 0 fully saturated rings. The minimum Gasteiger partial charge on any atom is -0.455 e. The summed E-state index contributed by atoms with van der Waals surface area (Å²) in [4.78, 5) is 0. The molecule has 3 rings (SSSR count). The first-order chi connectivity index (χ1) is 8.72. The third-order valence-corrected chi connectivity index (χ3v) is 3.27. The van der Waals surface area contributed by atoms with Gasteiger partial charge in [0, 0.05) is 6.07 Å². The quantitative estimate of drug-likeness (QED) is 0.816. The molecule has 0 atom stereocenters. The third-order valence-electron chi connectivity index (χ3n) is 3.27. The maximum absolute atomic E-state index is 12.9. The van der Waals surface area contributed by atoms with Crippen molar-refractivity contribution >= 4 is 5.69 Å². The zero-order valence-electron chi connectivity index (χ0n) is 9.95. The van der Waals surface area contributed by atoms with E-state index in [-0.39, 0.29) is 5.82 Å². The van der Waals surface area contributed by atoms with Gasteiger partial charge in [0.25, 0.3) is 0 Å². The van der Waals surface area contributed by atoms with Gasteiger partial charge in [0.2, 0.25) is 0 Å². The molecule has 0 saturated heterocycles. The van der Waals surface area contributed by atoms with Gasteiger partial charge in [0.05, 0.1) is 5.69 Å². The fourth-order valence-corrected chi connectivity index (χ4v) is 2.35. The third kappa shape index (κ3) is 2.04. The van der Waals surface area contributed by atoms with E-state index in [0.29, 0.717) is 11.4 Å². The number of nitrogen functional groups attached to an aromatic ring is 1. The Hall–Kier alpha value is -2.03. The van der Waals surface area contributed by atoms with Crippen LogP contribution in [-0.4, -0.2) is 0 Å². The molecule has 0 aromatic heterocycles. The largest absolute Gasteiger partial charge is 0.455 e. The summed E-state index contributed by atoms with van der Waals surface area (Å²) < 4.78 is 18.6. The Morgan fingerprint density at radius 2 is 1.83 bits per heavy atom. The topological polar surface area (TPSA) is 35.2 Å². The van der Waals surface area contributed by atoms with Crippen LogP contribution in [0.2, 0.25) is 0 Å². The van der Waals surface area contributed by atoms with Crippen molar-refractivity contribution in [2.45, 2.75) is 19.3 Å². The average molecular weight is 243 g/mol. The summed E-state index contributed by atoms with van der Waals surface area (Å²) in [5.74, 6) is 0.900. The number of benzene rings is 2. The van der Waals surface area contributed by atoms with Crippen LogP contribution < -0.4 is 10.5 Å². The number of hydrogen-bond donors (Lipinski definition) is 1. The highest BCUT2D eigenvalue weighted by Gasteiger charge is 2.12. The van der Waals surface area contributed by atoms with Crippen LogP contribution >= 0.6 is 0 Å². The molecule has 0 saturated carbocycles. The number of halogens is 1. The molecular formula is C15H14FNO. The molecule has 2 aromatic rings. The molecule has 0 amide bonds. The molecule has 1 aliphatic carbocycles. The Kier molecular flexibility index (Phi) is 2.67. The zero-order valence-corrected chi connectivity index (χ0v) is 9.95. The molecule has 0 bridgehead atoms. The summed E-state index contributed by atoms with van der Waals surface area (Å²) in [5, 5.41) is 0. The number of anilines is 1. The number of fused-ring (bicyclic) bond motifs is 1. The van der Waals surface area contributed by atoms with Gasteiger partial charge in [0.15, 0.2) is 5.75 Å². The standard InChI is InChI=1S/C15H14FNO/c16-12-5-7-15(14(17)9-12)18-13-6-4-10-2-1-3-11(10)8-13/h4-9H,1-3,17H2. The maximum atomic E-state index is 12.9. The van der Waals surface area contributed by atoms with Crippen molar-refractivity contribution in [1.29, 1.82) is 0 Å². The normalized spacial score (nSPS) is 13.4. The molecule has 2 aromatic carbocycles. The van der Waals surface area contributed by atoms with E-state index in [9.17, 15) is 4.39 Å². The van der Waals surface area contributed by atoms with Crippen molar-refractivity contribution < 1.29 is 9.13 Å². The predicted octanol–water partition coefficient (Wildman–Crippen LogP) is 3.69. The van der Waals surface area contributed by atoms with Crippen LogP contribution in [0, 0.1) is 5.82 Å². The van der Waals surface area contributed by atoms with Crippen LogP contribution in [0.25, 0.3) is 0 Å². The van der Waals surface area contributed by atoms with Gasteiger partial charge in [-0.3, -0.25) is 0 Å². The van der Waals surface area contributed by atoms with Gasteiger partial charge in [-0.05, 0) is 54.7 Å². The zero-order chi connectivity index (χ0) is 12.5. The van der Waals surface area contributed by atoms with Crippen LogP contribution in [0.5, 0.6) is 11.5 Å². The molecule has 0 spiro atoms. The summed E-state index contributed by atoms with van der Waals surface area (Å²) in [6, 6.07) is 10.2. The first-order valence-corrected chi connectivity index (χ1v) is 6.07. The van der Waals surface area contributed by atoms with Gasteiger partial charge in [0.1, 0.15) is 11.6 Å². The Bertz CT molecular complexity index is 595. The van der Waals surface area contributed by atoms with E-state index in [4.69, 9.17) is 10.5 Å². The Labute approximate surface area is 105 Å². The lowest BCUT2D eigenvalue weighted by Gasteiger charge is -2.09. The molecule has 0 unspecified atom stereocenters. The van der Waals surface area contributed by atoms with Crippen LogP contribution in [-0.2, 0) is 12.8 Å². The maximum Gasteiger partial charge on any atom is 0.150 e. The van der Waals surface area contributed by atoms with Crippen LogP contribution in [0.4, 0.5) is 10.1 Å². The molecular weight excluding hydrogens is 229 g/mol. The van der Waals surface area contributed by atoms with Crippen LogP contribution in [0.15, 0.2) is 36.4 Å². The minimum atomic E-state index is -0.353. The highest BCUT2D eigenvalue weighted by atomic mass is 19.1. The van der Waals surface area contributed by atoms with Gasteiger partial charge in [-0.2, -0.15) is 0 Å². The van der Waals surface area contributed by atoms with Gasteiger partial charge in [-0.1, -0.05) is 6.07 Å². The summed E-state index contributed by atoms with van der Waals surface area (Å²) in [6.45, 7) is 0. The van der Waals surface area contributed by atoms with Gasteiger partial charge >= 0.3 is 0 Å². The molecule has 0 radical (unpaired) electrons. The summed E-state index contributed by atoms with van der Waals surface area (Å²) in [6.07, 6.45) is 3.46. The second-order valence-corrected chi connectivity index (χ2v) is 4.57.